The second kappa shape index (κ2) is 10.6. The molecule has 0 amide bonds. The molecule has 2 aliphatic rings. The SMILES string of the molecule is CC1(C)CC(c2ccc(C(F)(F)F)cc2C2CCNCC2)c2ccc(S(=O)(=O)Nc3ncns3)cc2O1.Cl. The van der Waals surface area contributed by atoms with Gasteiger partial charge in [0.2, 0.25) is 5.13 Å². The van der Waals surface area contributed by atoms with Gasteiger partial charge in [0, 0.05) is 29.1 Å². The van der Waals surface area contributed by atoms with Gasteiger partial charge >= 0.3 is 6.18 Å². The summed E-state index contributed by atoms with van der Waals surface area (Å²) in [6.45, 7) is 5.30. The van der Waals surface area contributed by atoms with E-state index in [1.807, 2.05) is 13.8 Å². The number of sulfonamides is 1. The Morgan fingerprint density at radius 3 is 2.45 bits per heavy atom. The van der Waals surface area contributed by atoms with Gasteiger partial charge < -0.3 is 10.1 Å². The summed E-state index contributed by atoms with van der Waals surface area (Å²) in [6.07, 6.45) is -1.13. The van der Waals surface area contributed by atoms with Gasteiger partial charge in [-0.3, -0.25) is 4.72 Å². The number of alkyl halides is 3. The van der Waals surface area contributed by atoms with Gasteiger partial charge in [-0.15, -0.1) is 12.4 Å². The van der Waals surface area contributed by atoms with Crippen molar-refractivity contribution in [1.29, 1.82) is 0 Å². The second-order valence-electron chi connectivity index (χ2n) is 10.0. The number of halogens is 4. The fraction of sp³-hybridized carbons (Fsp3) is 0.440. The summed E-state index contributed by atoms with van der Waals surface area (Å²) in [5.74, 6) is 0.153. The molecule has 1 aromatic heterocycles. The van der Waals surface area contributed by atoms with E-state index in [0.717, 1.165) is 54.7 Å². The molecule has 1 unspecified atom stereocenters. The summed E-state index contributed by atoms with van der Waals surface area (Å²) >= 11 is 0.921. The Kier molecular flexibility index (Phi) is 8.00. The zero-order chi connectivity index (χ0) is 26.4. The third-order valence-electron chi connectivity index (χ3n) is 6.90. The van der Waals surface area contributed by atoms with Crippen LogP contribution in [0.1, 0.15) is 67.2 Å². The molecule has 206 valence electrons. The number of aromatic nitrogens is 2. The highest BCUT2D eigenvalue weighted by atomic mass is 35.5. The third kappa shape index (κ3) is 5.93. The van der Waals surface area contributed by atoms with Crippen LogP contribution in [0.4, 0.5) is 18.3 Å². The number of nitrogens with one attached hydrogen (secondary N) is 2. The molecule has 1 fully saturated rings. The molecule has 2 aromatic carbocycles. The first-order chi connectivity index (χ1) is 17.4. The Morgan fingerprint density at radius 1 is 1.08 bits per heavy atom. The van der Waals surface area contributed by atoms with Crippen LogP contribution in [0.15, 0.2) is 47.6 Å². The number of rotatable bonds is 5. The van der Waals surface area contributed by atoms with Gasteiger partial charge in [0.05, 0.1) is 10.5 Å². The summed E-state index contributed by atoms with van der Waals surface area (Å²) < 4.78 is 79.3. The maximum absolute atomic E-state index is 13.7. The molecular weight excluding hydrogens is 561 g/mol. The lowest BCUT2D eigenvalue weighted by atomic mass is 9.75. The molecule has 2 aliphatic heterocycles. The molecule has 38 heavy (non-hydrogen) atoms. The van der Waals surface area contributed by atoms with E-state index in [-0.39, 0.29) is 34.3 Å². The zero-order valence-electron chi connectivity index (χ0n) is 20.7. The predicted molar refractivity (Wildman–Crippen MR) is 142 cm³/mol. The minimum absolute atomic E-state index is 0. The van der Waals surface area contributed by atoms with Gasteiger partial charge in [-0.05, 0) is 81.4 Å². The minimum Gasteiger partial charge on any atom is -0.487 e. The van der Waals surface area contributed by atoms with Gasteiger partial charge in [-0.2, -0.15) is 17.5 Å². The maximum Gasteiger partial charge on any atom is 0.416 e. The Morgan fingerprint density at radius 2 is 1.79 bits per heavy atom. The molecule has 3 heterocycles. The van der Waals surface area contributed by atoms with Crippen LogP contribution in [0.2, 0.25) is 0 Å². The molecule has 0 spiro atoms. The van der Waals surface area contributed by atoms with Crippen LogP contribution >= 0.6 is 23.9 Å². The van der Waals surface area contributed by atoms with Crippen molar-refractivity contribution in [2.45, 2.75) is 61.6 Å². The molecule has 1 atom stereocenters. The molecule has 3 aromatic rings. The molecule has 7 nitrogen and oxygen atoms in total. The Labute approximate surface area is 229 Å². The van der Waals surface area contributed by atoms with Gasteiger partial charge in [0.15, 0.2) is 0 Å². The average molecular weight is 589 g/mol. The monoisotopic (exact) mass is 588 g/mol. The van der Waals surface area contributed by atoms with Gasteiger partial charge in [-0.25, -0.2) is 13.4 Å². The maximum atomic E-state index is 13.7. The van der Waals surface area contributed by atoms with E-state index >= 15 is 0 Å². The van der Waals surface area contributed by atoms with Crippen LogP contribution in [-0.2, 0) is 16.2 Å². The number of piperidine rings is 1. The lowest BCUT2D eigenvalue weighted by Crippen LogP contribution is -2.36. The second-order valence-corrected chi connectivity index (χ2v) is 12.5. The van der Waals surface area contributed by atoms with E-state index in [1.165, 1.54) is 24.5 Å². The van der Waals surface area contributed by atoms with Crippen molar-refractivity contribution < 1.29 is 26.3 Å². The van der Waals surface area contributed by atoms with E-state index in [2.05, 4.69) is 19.4 Å². The number of fused-ring (bicyclic) bond motifs is 1. The van der Waals surface area contributed by atoms with Crippen LogP contribution < -0.4 is 14.8 Å². The van der Waals surface area contributed by atoms with Gasteiger partial charge in [-0.1, -0.05) is 12.1 Å². The van der Waals surface area contributed by atoms with Crippen molar-refractivity contribution >= 4 is 39.1 Å². The predicted octanol–water partition coefficient (Wildman–Crippen LogP) is 5.94. The van der Waals surface area contributed by atoms with Gasteiger partial charge in [0.1, 0.15) is 17.7 Å². The summed E-state index contributed by atoms with van der Waals surface area (Å²) in [4.78, 5) is 3.87. The fourth-order valence-corrected chi connectivity index (χ4v) is 6.90. The van der Waals surface area contributed by atoms with Crippen molar-refractivity contribution in [3.8, 4) is 5.75 Å². The quantitative estimate of drug-likeness (QED) is 0.383. The van der Waals surface area contributed by atoms with Crippen molar-refractivity contribution in [3.63, 3.8) is 0 Å². The number of nitrogens with zero attached hydrogens (tertiary/aromatic N) is 2. The summed E-state index contributed by atoms with van der Waals surface area (Å²) in [5.41, 5.74) is 0.977. The Hall–Kier alpha value is -2.41. The zero-order valence-corrected chi connectivity index (χ0v) is 23.2. The molecule has 0 radical (unpaired) electrons. The summed E-state index contributed by atoms with van der Waals surface area (Å²) in [6, 6.07) is 8.71. The lowest BCUT2D eigenvalue weighted by Gasteiger charge is -2.39. The van der Waals surface area contributed by atoms with Crippen molar-refractivity contribution in [2.75, 3.05) is 17.8 Å². The molecule has 0 bridgehead atoms. The minimum atomic E-state index is -4.43. The van der Waals surface area contributed by atoms with Crippen molar-refractivity contribution in [2.24, 2.45) is 0 Å². The number of hydrogen-bond acceptors (Lipinski definition) is 7. The van der Waals surface area contributed by atoms with E-state index in [4.69, 9.17) is 4.74 Å². The standard InChI is InChI=1S/C25H27F3N4O3S2.ClH/c1-24(2)13-21(18-5-3-16(25(26,27)28)11-20(18)15-7-9-29-10-8-15)19-6-4-17(12-22(19)35-24)37(33,34)32-23-30-14-31-36-23;/h3-6,11-12,14-15,21,29H,7-10,13H2,1-2H3,(H,30,31,32);1H. The first-order valence-corrected chi connectivity index (χ1v) is 14.2. The summed E-state index contributed by atoms with van der Waals surface area (Å²) in [5, 5.41) is 3.43. The topological polar surface area (TPSA) is 93.2 Å². The Bertz CT molecular complexity index is 1390. The van der Waals surface area contributed by atoms with Crippen LogP contribution in [0.5, 0.6) is 5.75 Å². The highest BCUT2D eigenvalue weighted by molar-refractivity contribution is 7.93. The van der Waals surface area contributed by atoms with E-state index in [9.17, 15) is 21.6 Å². The number of ether oxygens (including phenoxy) is 1. The first-order valence-electron chi connectivity index (χ1n) is 12.0. The molecule has 0 saturated carbocycles. The van der Waals surface area contributed by atoms with E-state index < -0.39 is 27.4 Å². The summed E-state index contributed by atoms with van der Waals surface area (Å²) in [7, 11) is -3.94. The molecule has 2 N–H and O–H groups in total. The number of benzene rings is 2. The average Bonchev–Trinajstić information content (AvgIpc) is 3.34. The highest BCUT2D eigenvalue weighted by Crippen LogP contribution is 2.48. The smallest absolute Gasteiger partial charge is 0.416 e. The normalized spacial score (nSPS) is 19.7. The molecule has 13 heteroatoms. The van der Waals surface area contributed by atoms with Crippen LogP contribution in [0.3, 0.4) is 0 Å². The van der Waals surface area contributed by atoms with Crippen molar-refractivity contribution in [3.05, 3.63) is 65.0 Å². The number of hydrogen-bond donors (Lipinski definition) is 2. The molecular formula is C25H28ClF3N4O3S2. The number of anilines is 1. The third-order valence-corrected chi connectivity index (χ3v) is 8.95. The Balaban J connectivity index is 0.00000336. The van der Waals surface area contributed by atoms with Crippen LogP contribution in [-0.4, -0.2) is 36.5 Å². The fourth-order valence-electron chi connectivity index (χ4n) is 5.22. The van der Waals surface area contributed by atoms with Crippen molar-refractivity contribution in [1.82, 2.24) is 14.7 Å². The molecule has 5 rings (SSSR count). The molecule has 0 aliphatic carbocycles. The van der Waals surface area contributed by atoms with E-state index in [1.54, 1.807) is 12.1 Å². The van der Waals surface area contributed by atoms with Crippen LogP contribution in [0.25, 0.3) is 0 Å². The molecule has 1 saturated heterocycles. The first kappa shape index (κ1) is 28.6. The lowest BCUT2D eigenvalue weighted by molar-refractivity contribution is -0.137. The van der Waals surface area contributed by atoms with Crippen LogP contribution in [0, 0.1) is 0 Å². The highest BCUT2D eigenvalue weighted by Gasteiger charge is 2.39. The van der Waals surface area contributed by atoms with Gasteiger partial charge in [0.25, 0.3) is 10.0 Å². The largest absolute Gasteiger partial charge is 0.487 e. The van der Waals surface area contributed by atoms with E-state index in [0.29, 0.717) is 17.7 Å².